The molecule has 1 aliphatic rings. The van der Waals surface area contributed by atoms with Gasteiger partial charge in [-0.05, 0) is 36.8 Å². The quantitative estimate of drug-likeness (QED) is 0.372. The van der Waals surface area contributed by atoms with Gasteiger partial charge in [-0.2, -0.15) is 5.10 Å². The molecule has 2 aromatic heterocycles. The Morgan fingerprint density at radius 2 is 1.75 bits per heavy atom. The summed E-state index contributed by atoms with van der Waals surface area (Å²) in [6.07, 6.45) is 5.16. The Labute approximate surface area is 160 Å². The van der Waals surface area contributed by atoms with Crippen LogP contribution in [0.15, 0.2) is 61.1 Å². The van der Waals surface area contributed by atoms with Crippen molar-refractivity contribution in [1.29, 1.82) is 0 Å². The van der Waals surface area contributed by atoms with Crippen LogP contribution in [0.5, 0.6) is 0 Å². The summed E-state index contributed by atoms with van der Waals surface area (Å²) in [4.78, 5) is 42.0. The molecule has 28 heavy (non-hydrogen) atoms. The van der Waals surface area contributed by atoms with E-state index < -0.39 is 5.97 Å². The smallest absolute Gasteiger partial charge is 0.339 e. The van der Waals surface area contributed by atoms with E-state index in [2.05, 4.69) is 10.1 Å². The van der Waals surface area contributed by atoms with Crippen molar-refractivity contribution < 1.29 is 19.1 Å². The maximum atomic E-state index is 12.3. The van der Waals surface area contributed by atoms with Crippen molar-refractivity contribution in [2.75, 3.05) is 13.2 Å². The molecule has 1 aliphatic heterocycles. The molecule has 140 valence electrons. The molecule has 0 bridgehead atoms. The number of benzene rings is 1. The molecular weight excluding hydrogens is 360 g/mol. The summed E-state index contributed by atoms with van der Waals surface area (Å²) >= 11 is 0. The number of carbonyl (C=O) groups excluding carboxylic acids is 3. The van der Waals surface area contributed by atoms with Crippen LogP contribution in [0.3, 0.4) is 0 Å². The van der Waals surface area contributed by atoms with Gasteiger partial charge in [-0.15, -0.1) is 0 Å². The largest absolute Gasteiger partial charge is 0.462 e. The normalized spacial score (nSPS) is 12.9. The highest BCUT2D eigenvalue weighted by atomic mass is 16.5. The number of nitrogens with zero attached hydrogens (tertiary/aromatic N) is 4. The SMILES string of the molecule is O=C(OCCCN1C(=O)c2ccccc2C1=O)c1ccc(-n2cccn2)nc1. The maximum absolute atomic E-state index is 12.3. The van der Waals surface area contributed by atoms with Crippen molar-refractivity contribution in [3.63, 3.8) is 0 Å². The van der Waals surface area contributed by atoms with Crippen LogP contribution >= 0.6 is 0 Å². The molecule has 0 saturated heterocycles. The lowest BCUT2D eigenvalue weighted by molar-refractivity contribution is 0.0482. The zero-order valence-corrected chi connectivity index (χ0v) is 14.8. The molecule has 0 N–H and O–H groups in total. The van der Waals surface area contributed by atoms with E-state index in [-0.39, 0.29) is 25.0 Å². The highest BCUT2D eigenvalue weighted by Gasteiger charge is 2.34. The number of carbonyl (C=O) groups is 3. The van der Waals surface area contributed by atoms with Crippen molar-refractivity contribution in [1.82, 2.24) is 19.7 Å². The number of ether oxygens (including phenoxy) is 1. The third kappa shape index (κ3) is 3.27. The number of amides is 2. The van der Waals surface area contributed by atoms with E-state index in [1.165, 1.54) is 11.1 Å². The first-order chi connectivity index (χ1) is 13.6. The second-order valence-corrected chi connectivity index (χ2v) is 6.15. The van der Waals surface area contributed by atoms with Gasteiger partial charge in [-0.1, -0.05) is 12.1 Å². The fraction of sp³-hybridized carbons (Fsp3) is 0.150. The van der Waals surface area contributed by atoms with Crippen molar-refractivity contribution in [3.8, 4) is 5.82 Å². The first-order valence-corrected chi connectivity index (χ1v) is 8.73. The number of hydrogen-bond acceptors (Lipinski definition) is 6. The lowest BCUT2D eigenvalue weighted by atomic mass is 10.1. The van der Waals surface area contributed by atoms with E-state index in [4.69, 9.17) is 4.74 Å². The summed E-state index contributed by atoms with van der Waals surface area (Å²) in [6, 6.07) is 11.8. The van der Waals surface area contributed by atoms with E-state index in [0.29, 0.717) is 28.9 Å². The topological polar surface area (TPSA) is 94.4 Å². The van der Waals surface area contributed by atoms with E-state index >= 15 is 0 Å². The fourth-order valence-electron chi connectivity index (χ4n) is 2.96. The summed E-state index contributed by atoms with van der Waals surface area (Å²) in [5, 5.41) is 4.06. The summed E-state index contributed by atoms with van der Waals surface area (Å²) < 4.78 is 6.80. The zero-order chi connectivity index (χ0) is 19.5. The number of imide groups is 1. The maximum Gasteiger partial charge on any atom is 0.339 e. The lowest BCUT2D eigenvalue weighted by Crippen LogP contribution is -2.31. The number of hydrogen-bond donors (Lipinski definition) is 0. The number of rotatable bonds is 6. The van der Waals surface area contributed by atoms with Crippen molar-refractivity contribution in [2.24, 2.45) is 0 Å². The molecule has 8 heteroatoms. The Morgan fingerprint density at radius 1 is 1.00 bits per heavy atom. The van der Waals surface area contributed by atoms with E-state index in [1.807, 2.05) is 0 Å². The van der Waals surface area contributed by atoms with Gasteiger partial charge in [-0.3, -0.25) is 14.5 Å². The van der Waals surface area contributed by atoms with Crippen molar-refractivity contribution in [2.45, 2.75) is 6.42 Å². The average Bonchev–Trinajstić information content (AvgIpc) is 3.35. The Balaban J connectivity index is 1.28. The first-order valence-electron chi connectivity index (χ1n) is 8.73. The molecule has 8 nitrogen and oxygen atoms in total. The number of pyridine rings is 1. The third-order valence-corrected chi connectivity index (χ3v) is 4.36. The van der Waals surface area contributed by atoms with E-state index in [0.717, 1.165) is 0 Å². The second-order valence-electron chi connectivity index (χ2n) is 6.15. The standard InChI is InChI=1S/C20H16N4O4/c25-18-15-5-1-2-6-16(15)19(26)23(18)10-4-12-28-20(27)14-7-8-17(21-13-14)24-11-3-9-22-24/h1-3,5-9,11,13H,4,10,12H2. The highest BCUT2D eigenvalue weighted by Crippen LogP contribution is 2.22. The minimum Gasteiger partial charge on any atom is -0.462 e. The Kier molecular flexibility index (Phi) is 4.67. The lowest BCUT2D eigenvalue weighted by Gasteiger charge is -2.13. The van der Waals surface area contributed by atoms with Gasteiger partial charge < -0.3 is 4.74 Å². The van der Waals surface area contributed by atoms with Gasteiger partial charge in [-0.25, -0.2) is 14.5 Å². The molecule has 3 heterocycles. The summed E-state index contributed by atoms with van der Waals surface area (Å²) in [5.41, 5.74) is 1.14. The van der Waals surface area contributed by atoms with Crippen molar-refractivity contribution >= 4 is 17.8 Å². The minimum absolute atomic E-state index is 0.0904. The van der Waals surface area contributed by atoms with Crippen LogP contribution in [0.4, 0.5) is 0 Å². The Morgan fingerprint density at radius 3 is 2.36 bits per heavy atom. The highest BCUT2D eigenvalue weighted by molar-refractivity contribution is 6.21. The predicted octanol–water partition coefficient (Wildman–Crippen LogP) is 2.11. The zero-order valence-electron chi connectivity index (χ0n) is 14.8. The molecule has 2 amide bonds. The summed E-state index contributed by atoms with van der Waals surface area (Å²) in [6.45, 7) is 0.281. The number of aromatic nitrogens is 3. The molecule has 4 rings (SSSR count). The molecule has 1 aromatic carbocycles. The molecule has 0 aliphatic carbocycles. The molecule has 0 radical (unpaired) electrons. The van der Waals surface area contributed by atoms with Gasteiger partial charge in [0.05, 0.1) is 23.3 Å². The van der Waals surface area contributed by atoms with Gasteiger partial charge in [0.2, 0.25) is 0 Å². The van der Waals surface area contributed by atoms with Gasteiger partial charge in [0.25, 0.3) is 11.8 Å². The molecule has 0 saturated carbocycles. The molecule has 3 aromatic rings. The molecule has 0 atom stereocenters. The molecule has 0 fully saturated rings. The van der Waals surface area contributed by atoms with Gasteiger partial charge in [0, 0.05) is 25.1 Å². The van der Waals surface area contributed by atoms with E-state index in [9.17, 15) is 14.4 Å². The Bertz CT molecular complexity index is 994. The first kappa shape index (κ1) is 17.6. The van der Waals surface area contributed by atoms with Crippen molar-refractivity contribution in [3.05, 3.63) is 77.7 Å². The van der Waals surface area contributed by atoms with E-state index in [1.54, 1.807) is 59.5 Å². The predicted molar refractivity (Wildman–Crippen MR) is 98.1 cm³/mol. The van der Waals surface area contributed by atoms with Gasteiger partial charge in [0.1, 0.15) is 0 Å². The number of esters is 1. The van der Waals surface area contributed by atoms with Crippen LogP contribution in [0.2, 0.25) is 0 Å². The summed E-state index contributed by atoms with van der Waals surface area (Å²) in [5.74, 6) is -0.551. The fourth-order valence-corrected chi connectivity index (χ4v) is 2.96. The monoisotopic (exact) mass is 376 g/mol. The van der Waals surface area contributed by atoms with Crippen LogP contribution in [-0.4, -0.2) is 50.6 Å². The van der Waals surface area contributed by atoms with Crippen LogP contribution in [0.25, 0.3) is 5.82 Å². The average molecular weight is 376 g/mol. The second kappa shape index (κ2) is 7.43. The number of fused-ring (bicyclic) bond motifs is 1. The molecule has 0 spiro atoms. The summed E-state index contributed by atoms with van der Waals surface area (Å²) in [7, 11) is 0. The van der Waals surface area contributed by atoms with Crippen LogP contribution in [0.1, 0.15) is 37.5 Å². The van der Waals surface area contributed by atoms with Crippen LogP contribution in [0, 0.1) is 0 Å². The van der Waals surface area contributed by atoms with Crippen LogP contribution in [-0.2, 0) is 4.74 Å². The molecule has 0 unspecified atom stereocenters. The van der Waals surface area contributed by atoms with Gasteiger partial charge >= 0.3 is 5.97 Å². The Hall–Kier alpha value is -3.81. The third-order valence-electron chi connectivity index (χ3n) is 4.36. The van der Waals surface area contributed by atoms with Crippen LogP contribution < -0.4 is 0 Å². The van der Waals surface area contributed by atoms with Gasteiger partial charge in [0.15, 0.2) is 5.82 Å². The molecular formula is C20H16N4O4. The minimum atomic E-state index is -0.512.